The highest BCUT2D eigenvalue weighted by molar-refractivity contribution is 7.09. The van der Waals surface area contributed by atoms with Gasteiger partial charge < -0.3 is 4.74 Å². The molecule has 6 heteroatoms. The predicted octanol–water partition coefficient (Wildman–Crippen LogP) is 2.91. The molecule has 0 aliphatic rings. The molecule has 0 aromatic carbocycles. The van der Waals surface area contributed by atoms with Gasteiger partial charge in [-0.2, -0.15) is 5.10 Å². The number of carbonyl (C=O) groups is 1. The third-order valence-corrected chi connectivity index (χ3v) is 3.76. The van der Waals surface area contributed by atoms with Crippen molar-refractivity contribution in [2.45, 2.75) is 39.7 Å². The number of hydrogen-bond donors (Lipinski definition) is 1. The average molecular weight is 279 g/mol. The number of nitrogens with one attached hydrogen (secondary N) is 1. The normalized spacial score (nSPS) is 10.9. The van der Waals surface area contributed by atoms with Crippen molar-refractivity contribution in [3.05, 3.63) is 33.5 Å². The molecule has 0 aliphatic carbocycles. The van der Waals surface area contributed by atoms with Crippen molar-refractivity contribution < 1.29 is 9.53 Å². The van der Waals surface area contributed by atoms with Crippen molar-refractivity contribution in [2.24, 2.45) is 0 Å². The summed E-state index contributed by atoms with van der Waals surface area (Å²) in [6.07, 6.45) is 2.41. The molecule has 2 heterocycles. The third kappa shape index (κ3) is 3.20. The van der Waals surface area contributed by atoms with Crippen LogP contribution in [0, 0.1) is 0 Å². The number of H-pyrrole nitrogens is 1. The van der Waals surface area contributed by atoms with Gasteiger partial charge in [0.25, 0.3) is 0 Å². The zero-order valence-corrected chi connectivity index (χ0v) is 12.1. The van der Waals surface area contributed by atoms with Gasteiger partial charge in [0.1, 0.15) is 12.2 Å². The highest BCUT2D eigenvalue weighted by atomic mass is 32.1. The Kier molecular flexibility index (Phi) is 4.31. The van der Waals surface area contributed by atoms with E-state index in [4.69, 9.17) is 4.74 Å². The van der Waals surface area contributed by atoms with E-state index in [2.05, 4.69) is 22.1 Å². The summed E-state index contributed by atoms with van der Waals surface area (Å²) in [5, 5.41) is 9.71. The van der Waals surface area contributed by atoms with Gasteiger partial charge >= 0.3 is 5.97 Å². The van der Waals surface area contributed by atoms with Crippen LogP contribution in [-0.4, -0.2) is 21.2 Å². The maximum Gasteiger partial charge on any atom is 0.342 e. The number of aryl methyl sites for hydroxylation is 1. The second-order valence-corrected chi connectivity index (χ2v) is 5.46. The van der Waals surface area contributed by atoms with E-state index in [0.717, 1.165) is 22.8 Å². The highest BCUT2D eigenvalue weighted by Crippen LogP contribution is 2.18. The maximum absolute atomic E-state index is 12.0. The minimum atomic E-state index is -0.358. The summed E-state index contributed by atoms with van der Waals surface area (Å²) < 4.78 is 5.27. The summed E-state index contributed by atoms with van der Waals surface area (Å²) >= 11 is 1.59. The summed E-state index contributed by atoms with van der Waals surface area (Å²) in [4.78, 5) is 16.3. The Morgan fingerprint density at radius 2 is 2.32 bits per heavy atom. The summed E-state index contributed by atoms with van der Waals surface area (Å²) in [6.45, 7) is 6.25. The zero-order chi connectivity index (χ0) is 13.8. The number of esters is 1. The van der Waals surface area contributed by atoms with Crippen LogP contribution in [0.15, 0.2) is 11.6 Å². The van der Waals surface area contributed by atoms with E-state index >= 15 is 0 Å². The zero-order valence-electron chi connectivity index (χ0n) is 11.3. The molecule has 0 saturated heterocycles. The number of hydrogen-bond acceptors (Lipinski definition) is 5. The second-order valence-electron chi connectivity index (χ2n) is 4.51. The lowest BCUT2D eigenvalue weighted by Gasteiger charge is -2.05. The Morgan fingerprint density at radius 3 is 2.95 bits per heavy atom. The van der Waals surface area contributed by atoms with Crippen LogP contribution in [0.1, 0.15) is 53.4 Å². The number of rotatable bonds is 5. The van der Waals surface area contributed by atoms with E-state index in [1.807, 2.05) is 19.2 Å². The molecule has 0 atom stereocenters. The topological polar surface area (TPSA) is 67.9 Å². The van der Waals surface area contributed by atoms with Crippen LogP contribution in [0.5, 0.6) is 0 Å². The number of thiazole rings is 1. The van der Waals surface area contributed by atoms with Crippen molar-refractivity contribution >= 4 is 17.3 Å². The molecule has 0 aliphatic heterocycles. The fraction of sp³-hybridized carbons (Fsp3) is 0.462. The van der Waals surface area contributed by atoms with Gasteiger partial charge in [-0.25, -0.2) is 9.78 Å². The van der Waals surface area contributed by atoms with Gasteiger partial charge in [0.05, 0.1) is 22.6 Å². The van der Waals surface area contributed by atoms with Crippen LogP contribution in [0.3, 0.4) is 0 Å². The van der Waals surface area contributed by atoms with Gasteiger partial charge in [0.2, 0.25) is 0 Å². The molecule has 0 amide bonds. The Balaban J connectivity index is 1.99. The van der Waals surface area contributed by atoms with E-state index in [-0.39, 0.29) is 18.5 Å². The summed E-state index contributed by atoms with van der Waals surface area (Å²) in [5.41, 5.74) is 2.10. The van der Waals surface area contributed by atoms with E-state index in [0.29, 0.717) is 5.56 Å². The van der Waals surface area contributed by atoms with E-state index in [1.165, 1.54) is 6.20 Å². The fourth-order valence-corrected chi connectivity index (χ4v) is 2.42. The van der Waals surface area contributed by atoms with Gasteiger partial charge in [0.15, 0.2) is 0 Å². The molecule has 5 nitrogen and oxygen atoms in total. The minimum Gasteiger partial charge on any atom is -0.455 e. The first kappa shape index (κ1) is 13.7. The molecule has 0 unspecified atom stereocenters. The minimum absolute atomic E-state index is 0.205. The van der Waals surface area contributed by atoms with Crippen LogP contribution >= 0.6 is 11.3 Å². The molecule has 2 rings (SSSR count). The number of aromatic amines is 1. The van der Waals surface area contributed by atoms with Crippen molar-refractivity contribution in [1.29, 1.82) is 0 Å². The van der Waals surface area contributed by atoms with Crippen molar-refractivity contribution in [1.82, 2.24) is 15.2 Å². The molecule has 0 saturated carbocycles. The molecule has 102 valence electrons. The Morgan fingerprint density at radius 1 is 1.53 bits per heavy atom. The number of ether oxygens (including phenoxy) is 1. The molecule has 0 radical (unpaired) electrons. The fourth-order valence-electron chi connectivity index (χ4n) is 1.69. The highest BCUT2D eigenvalue weighted by Gasteiger charge is 2.17. The molecular formula is C13H17N3O2S. The molecule has 0 fully saturated rings. The predicted molar refractivity (Wildman–Crippen MR) is 73.3 cm³/mol. The summed E-state index contributed by atoms with van der Waals surface area (Å²) in [7, 11) is 0. The van der Waals surface area contributed by atoms with Gasteiger partial charge in [0, 0.05) is 5.38 Å². The van der Waals surface area contributed by atoms with Gasteiger partial charge in [-0.3, -0.25) is 5.10 Å². The van der Waals surface area contributed by atoms with E-state index in [9.17, 15) is 4.79 Å². The summed E-state index contributed by atoms with van der Waals surface area (Å²) in [5.74, 6) is -0.153. The third-order valence-electron chi connectivity index (χ3n) is 2.72. The first-order valence-electron chi connectivity index (χ1n) is 6.25. The van der Waals surface area contributed by atoms with Crippen LogP contribution in [-0.2, 0) is 17.8 Å². The SMILES string of the molecule is CCc1nc(COC(=O)c2cn[nH]c2C(C)C)cs1. The van der Waals surface area contributed by atoms with Gasteiger partial charge in [-0.15, -0.1) is 11.3 Å². The van der Waals surface area contributed by atoms with Gasteiger partial charge in [-0.1, -0.05) is 20.8 Å². The largest absolute Gasteiger partial charge is 0.455 e. The lowest BCUT2D eigenvalue weighted by atomic mass is 10.1. The van der Waals surface area contributed by atoms with Crippen LogP contribution < -0.4 is 0 Å². The number of aromatic nitrogens is 3. The number of carbonyl (C=O) groups excluding carboxylic acids is 1. The quantitative estimate of drug-likeness (QED) is 0.854. The van der Waals surface area contributed by atoms with Crippen LogP contribution in [0.4, 0.5) is 0 Å². The lowest BCUT2D eigenvalue weighted by molar-refractivity contribution is 0.0466. The first-order valence-corrected chi connectivity index (χ1v) is 7.13. The van der Waals surface area contributed by atoms with Gasteiger partial charge in [-0.05, 0) is 12.3 Å². The van der Waals surface area contributed by atoms with Crippen LogP contribution in [0.25, 0.3) is 0 Å². The molecular weight excluding hydrogens is 262 g/mol. The van der Waals surface area contributed by atoms with E-state index < -0.39 is 0 Å². The van der Waals surface area contributed by atoms with Crippen molar-refractivity contribution in [2.75, 3.05) is 0 Å². The Labute approximate surface area is 116 Å². The molecule has 1 N–H and O–H groups in total. The molecule has 0 bridgehead atoms. The van der Waals surface area contributed by atoms with E-state index in [1.54, 1.807) is 11.3 Å². The standard InChI is InChI=1S/C13H17N3O2S/c1-4-11-15-9(7-19-11)6-18-13(17)10-5-14-16-12(10)8(2)3/h5,7-8H,4,6H2,1-3H3,(H,14,16). The maximum atomic E-state index is 12.0. The molecule has 2 aromatic rings. The summed E-state index contributed by atoms with van der Waals surface area (Å²) in [6, 6.07) is 0. The van der Waals surface area contributed by atoms with Crippen molar-refractivity contribution in [3.63, 3.8) is 0 Å². The Hall–Kier alpha value is -1.69. The number of nitrogens with zero attached hydrogens (tertiary/aromatic N) is 2. The molecule has 2 aromatic heterocycles. The van der Waals surface area contributed by atoms with Crippen molar-refractivity contribution in [3.8, 4) is 0 Å². The van der Waals surface area contributed by atoms with Crippen LogP contribution in [0.2, 0.25) is 0 Å². The average Bonchev–Trinajstić information content (AvgIpc) is 3.04. The first-order chi connectivity index (χ1) is 9.11. The molecule has 0 spiro atoms. The monoisotopic (exact) mass is 279 g/mol. The Bertz CT molecular complexity index is 560. The lowest BCUT2D eigenvalue weighted by Crippen LogP contribution is -2.08. The second kappa shape index (κ2) is 5.97. The smallest absolute Gasteiger partial charge is 0.342 e. The molecule has 19 heavy (non-hydrogen) atoms.